The van der Waals surface area contributed by atoms with E-state index < -0.39 is 15.9 Å². The van der Waals surface area contributed by atoms with Crippen LogP contribution >= 0.6 is 28.1 Å². The van der Waals surface area contributed by atoms with Crippen LogP contribution in [0.4, 0.5) is 5.69 Å². The first-order valence-electron chi connectivity index (χ1n) is 11.0. The molecule has 0 atom stereocenters. The number of unbranched alkanes of at least 4 members (excludes halogenated alkanes) is 1. The summed E-state index contributed by atoms with van der Waals surface area (Å²) in [6.07, 6.45) is 1.87. The number of anilines is 1. The number of carbonyl (C=O) groups is 1. The summed E-state index contributed by atoms with van der Waals surface area (Å²) >= 11 is 8.67. The van der Waals surface area contributed by atoms with Crippen LogP contribution in [0.3, 0.4) is 0 Å². The second-order valence-corrected chi connectivity index (χ2v) is 11.2. The molecule has 184 valence electrons. The Labute approximate surface area is 214 Å². The lowest BCUT2D eigenvalue weighted by Crippen LogP contribution is -2.46. The van der Waals surface area contributed by atoms with Crippen molar-refractivity contribution in [3.63, 3.8) is 0 Å². The second kappa shape index (κ2) is 12.1. The molecule has 1 saturated heterocycles. The molecule has 2 N–H and O–H groups in total. The number of sulfonamides is 1. The van der Waals surface area contributed by atoms with Crippen LogP contribution in [0.1, 0.15) is 30.1 Å². The van der Waals surface area contributed by atoms with Gasteiger partial charge in [0.2, 0.25) is 10.0 Å². The molecule has 34 heavy (non-hydrogen) atoms. The van der Waals surface area contributed by atoms with E-state index in [0.29, 0.717) is 49.8 Å². The number of thiocarbonyl (C=S) groups is 1. The number of hydrogen-bond acceptors (Lipinski definition) is 6. The van der Waals surface area contributed by atoms with Crippen LogP contribution in [-0.2, 0) is 10.0 Å². The van der Waals surface area contributed by atoms with Crippen LogP contribution in [0.15, 0.2) is 51.8 Å². The van der Waals surface area contributed by atoms with Crippen LogP contribution in [0.2, 0.25) is 0 Å². The van der Waals surface area contributed by atoms with Gasteiger partial charge in [-0.15, -0.1) is 0 Å². The minimum atomic E-state index is -3.55. The molecule has 0 radical (unpaired) electrons. The van der Waals surface area contributed by atoms with Gasteiger partial charge in [0.05, 0.1) is 17.1 Å². The Morgan fingerprint density at radius 1 is 1.12 bits per heavy atom. The lowest BCUT2D eigenvalue weighted by atomic mass is 10.2. The van der Waals surface area contributed by atoms with Crippen LogP contribution in [0, 0.1) is 0 Å². The minimum absolute atomic E-state index is 0.0964. The molecular formula is C23H29BrN4O4S2. The number of halogens is 1. The summed E-state index contributed by atoms with van der Waals surface area (Å²) < 4.78 is 33.7. The summed E-state index contributed by atoms with van der Waals surface area (Å²) in [4.78, 5) is 15.1. The lowest BCUT2D eigenvalue weighted by molar-refractivity contribution is 0.0973. The number of nitrogens with one attached hydrogen (secondary N) is 2. The van der Waals surface area contributed by atoms with Crippen LogP contribution < -0.4 is 15.4 Å². The third-order valence-electron chi connectivity index (χ3n) is 5.38. The molecule has 2 aromatic rings. The van der Waals surface area contributed by atoms with Gasteiger partial charge in [0.25, 0.3) is 5.91 Å². The van der Waals surface area contributed by atoms with Gasteiger partial charge in [0.15, 0.2) is 5.11 Å². The predicted octanol–water partition coefficient (Wildman–Crippen LogP) is 3.69. The van der Waals surface area contributed by atoms with E-state index in [1.807, 2.05) is 13.1 Å². The van der Waals surface area contributed by atoms with Gasteiger partial charge in [-0.05, 0) is 68.2 Å². The highest BCUT2D eigenvalue weighted by Gasteiger charge is 2.27. The summed E-state index contributed by atoms with van der Waals surface area (Å²) in [6.45, 7) is 4.93. The van der Waals surface area contributed by atoms with E-state index >= 15 is 0 Å². The number of rotatable bonds is 8. The normalized spacial score (nSPS) is 15.0. The van der Waals surface area contributed by atoms with Crippen LogP contribution in [0.25, 0.3) is 0 Å². The first-order chi connectivity index (χ1) is 16.2. The average Bonchev–Trinajstić information content (AvgIpc) is 2.80. The van der Waals surface area contributed by atoms with E-state index in [1.54, 1.807) is 24.3 Å². The SMILES string of the molecule is CCCCOc1ccc(Br)cc1C(=O)NC(=S)Nc1ccc(S(=O)(=O)N2CCN(C)CC2)cc1. The highest BCUT2D eigenvalue weighted by molar-refractivity contribution is 9.10. The van der Waals surface area contributed by atoms with Gasteiger partial charge in [-0.3, -0.25) is 10.1 Å². The molecule has 1 amide bonds. The van der Waals surface area contributed by atoms with Crippen molar-refractivity contribution in [3.05, 3.63) is 52.5 Å². The summed E-state index contributed by atoms with van der Waals surface area (Å²) in [5.74, 6) is 0.0787. The van der Waals surface area contributed by atoms with Gasteiger partial charge in [-0.2, -0.15) is 4.31 Å². The molecule has 3 rings (SSSR count). The molecule has 0 bridgehead atoms. The maximum Gasteiger partial charge on any atom is 0.261 e. The number of amides is 1. The van der Waals surface area contributed by atoms with Gasteiger partial charge in [0.1, 0.15) is 5.75 Å². The minimum Gasteiger partial charge on any atom is -0.493 e. The number of ether oxygens (including phenoxy) is 1. The first-order valence-corrected chi connectivity index (χ1v) is 13.7. The molecule has 1 aliphatic heterocycles. The van der Waals surface area contributed by atoms with Crippen molar-refractivity contribution < 1.29 is 17.9 Å². The number of carbonyl (C=O) groups excluding carboxylic acids is 1. The van der Waals surface area contributed by atoms with Crippen molar-refractivity contribution >= 4 is 54.9 Å². The number of likely N-dealkylation sites (N-methyl/N-ethyl adjacent to an activating group) is 1. The van der Waals surface area contributed by atoms with Crippen molar-refractivity contribution in [2.24, 2.45) is 0 Å². The lowest BCUT2D eigenvalue weighted by Gasteiger charge is -2.31. The molecule has 0 saturated carbocycles. The van der Waals surface area contributed by atoms with E-state index in [1.165, 1.54) is 16.4 Å². The maximum atomic E-state index is 12.9. The molecule has 1 heterocycles. The van der Waals surface area contributed by atoms with Gasteiger partial charge in [-0.25, -0.2) is 8.42 Å². The molecule has 2 aromatic carbocycles. The third kappa shape index (κ3) is 6.98. The second-order valence-electron chi connectivity index (χ2n) is 7.98. The van der Waals surface area contributed by atoms with E-state index in [-0.39, 0.29) is 10.0 Å². The Bertz CT molecular complexity index is 1120. The zero-order valence-electron chi connectivity index (χ0n) is 19.2. The third-order valence-corrected chi connectivity index (χ3v) is 7.99. The maximum absolute atomic E-state index is 12.9. The molecule has 1 fully saturated rings. The van der Waals surface area contributed by atoms with E-state index in [2.05, 4.69) is 38.4 Å². The number of benzene rings is 2. The smallest absolute Gasteiger partial charge is 0.261 e. The standard InChI is InChI=1S/C23H29BrN4O4S2/c1-3-4-15-32-21-10-5-17(24)16-20(21)22(29)26-23(33)25-18-6-8-19(9-7-18)34(30,31)28-13-11-27(2)12-14-28/h5-10,16H,3-4,11-15H2,1-2H3,(H2,25,26,29,33). The Morgan fingerprint density at radius 3 is 2.44 bits per heavy atom. The van der Waals surface area contributed by atoms with Crippen molar-refractivity contribution in [2.75, 3.05) is 45.2 Å². The van der Waals surface area contributed by atoms with Crippen molar-refractivity contribution in [1.82, 2.24) is 14.5 Å². The Morgan fingerprint density at radius 2 is 1.79 bits per heavy atom. The monoisotopic (exact) mass is 568 g/mol. The largest absolute Gasteiger partial charge is 0.493 e. The first kappa shape index (κ1) is 26.6. The molecule has 0 spiro atoms. The molecule has 0 unspecified atom stereocenters. The number of piperazine rings is 1. The summed E-state index contributed by atoms with van der Waals surface area (Å²) in [7, 11) is -1.57. The molecule has 0 aliphatic carbocycles. The van der Waals surface area contributed by atoms with Crippen LogP contribution in [0.5, 0.6) is 5.75 Å². The Kier molecular flexibility index (Phi) is 9.43. The van der Waals surface area contributed by atoms with Gasteiger partial charge in [-0.1, -0.05) is 29.3 Å². The Balaban J connectivity index is 1.62. The summed E-state index contributed by atoms with van der Waals surface area (Å²) in [5.41, 5.74) is 0.930. The van der Waals surface area contributed by atoms with Gasteiger partial charge >= 0.3 is 0 Å². The molecule has 8 nitrogen and oxygen atoms in total. The fraction of sp³-hybridized carbons (Fsp3) is 0.391. The molecule has 0 aromatic heterocycles. The quantitative estimate of drug-likeness (QED) is 0.370. The van der Waals surface area contributed by atoms with E-state index in [4.69, 9.17) is 17.0 Å². The van der Waals surface area contributed by atoms with Gasteiger partial charge in [0, 0.05) is 36.3 Å². The van der Waals surface area contributed by atoms with E-state index in [0.717, 1.165) is 17.3 Å². The highest BCUT2D eigenvalue weighted by atomic mass is 79.9. The Hall–Kier alpha value is -2.05. The molecular weight excluding hydrogens is 540 g/mol. The molecule has 1 aliphatic rings. The van der Waals surface area contributed by atoms with Crippen LogP contribution in [-0.4, -0.2) is 68.5 Å². The molecule has 11 heteroatoms. The van der Waals surface area contributed by atoms with Crippen molar-refractivity contribution in [2.45, 2.75) is 24.7 Å². The fourth-order valence-corrected chi connectivity index (χ4v) is 5.35. The summed E-state index contributed by atoms with van der Waals surface area (Å²) in [5, 5.41) is 5.67. The van der Waals surface area contributed by atoms with E-state index in [9.17, 15) is 13.2 Å². The number of hydrogen-bond donors (Lipinski definition) is 2. The topological polar surface area (TPSA) is 91.0 Å². The fourth-order valence-electron chi connectivity index (χ4n) is 3.35. The highest BCUT2D eigenvalue weighted by Crippen LogP contribution is 2.24. The van der Waals surface area contributed by atoms with Crippen molar-refractivity contribution in [3.8, 4) is 5.75 Å². The average molecular weight is 570 g/mol. The van der Waals surface area contributed by atoms with Gasteiger partial charge < -0.3 is 15.0 Å². The predicted molar refractivity (Wildman–Crippen MR) is 141 cm³/mol. The zero-order chi connectivity index (χ0) is 24.7. The van der Waals surface area contributed by atoms with Crippen molar-refractivity contribution in [1.29, 1.82) is 0 Å². The number of nitrogens with zero attached hydrogens (tertiary/aromatic N) is 2. The summed E-state index contributed by atoms with van der Waals surface area (Å²) in [6, 6.07) is 11.6. The zero-order valence-corrected chi connectivity index (χ0v) is 22.4.